The lowest BCUT2D eigenvalue weighted by Gasteiger charge is -2.42. The molecular weight excluding hydrogens is 438 g/mol. The van der Waals surface area contributed by atoms with Gasteiger partial charge < -0.3 is 30.6 Å². The van der Waals surface area contributed by atoms with Crippen molar-refractivity contribution < 1.29 is 19.8 Å². The third-order valence-electron chi connectivity index (χ3n) is 6.87. The zero-order valence-electron chi connectivity index (χ0n) is 19.6. The van der Waals surface area contributed by atoms with E-state index >= 15 is 0 Å². The highest BCUT2D eigenvalue weighted by atomic mass is 16.4. The van der Waals surface area contributed by atoms with E-state index in [-0.39, 0.29) is 18.5 Å². The van der Waals surface area contributed by atoms with Crippen LogP contribution in [0.4, 0.5) is 10.7 Å². The van der Waals surface area contributed by atoms with E-state index in [2.05, 4.69) is 15.2 Å². The minimum atomic E-state index is -1.07. The van der Waals surface area contributed by atoms with Gasteiger partial charge in [0.05, 0.1) is 12.0 Å². The van der Waals surface area contributed by atoms with E-state index in [0.29, 0.717) is 50.8 Å². The Labute approximate surface area is 198 Å². The number of amides is 2. The topological polar surface area (TPSA) is 152 Å². The second-order valence-electron chi connectivity index (χ2n) is 9.34. The minimum Gasteiger partial charge on any atom is -0.480 e. The zero-order valence-corrected chi connectivity index (χ0v) is 19.6. The molecule has 4 unspecified atom stereocenters. The number of carbonyl (C=O) groups is 2. The van der Waals surface area contributed by atoms with Gasteiger partial charge in [-0.2, -0.15) is 4.98 Å². The second-order valence-corrected chi connectivity index (χ2v) is 9.34. The number of carbonyl (C=O) groups excluding carboxylic acids is 1. The van der Waals surface area contributed by atoms with Gasteiger partial charge in [0.1, 0.15) is 11.9 Å². The van der Waals surface area contributed by atoms with Crippen LogP contribution in [0.3, 0.4) is 0 Å². The molecule has 2 aromatic rings. The highest BCUT2D eigenvalue weighted by Crippen LogP contribution is 2.37. The molecule has 5 N–H and O–H groups in total. The van der Waals surface area contributed by atoms with Crippen molar-refractivity contribution in [3.05, 3.63) is 41.2 Å². The molecule has 2 aliphatic heterocycles. The number of piperidine rings is 1. The smallest absolute Gasteiger partial charge is 0.327 e. The number of H-pyrrole nitrogens is 1. The molecule has 0 saturated carbocycles. The van der Waals surface area contributed by atoms with E-state index in [1.165, 1.54) is 9.80 Å². The first-order valence-corrected chi connectivity index (χ1v) is 11.7. The van der Waals surface area contributed by atoms with Crippen molar-refractivity contribution >= 4 is 17.9 Å². The van der Waals surface area contributed by atoms with Gasteiger partial charge in [0.25, 0.3) is 0 Å². The SMILES string of the molecule is CC1CCN(C(=O)N2CCC(O)C2)C(C(=O)O)C1c1nc(N(C)Cc2ccc(CN)cc2)n[nH]1. The summed E-state index contributed by atoms with van der Waals surface area (Å²) in [6, 6.07) is 6.57. The Balaban J connectivity index is 1.53. The lowest BCUT2D eigenvalue weighted by atomic mass is 9.80. The van der Waals surface area contributed by atoms with Crippen molar-refractivity contribution in [2.75, 3.05) is 31.6 Å². The molecule has 0 aliphatic carbocycles. The number of nitrogens with two attached hydrogens (primary N) is 1. The Morgan fingerprint density at radius 1 is 1.21 bits per heavy atom. The predicted octanol–water partition coefficient (Wildman–Crippen LogP) is 0.965. The Kier molecular flexibility index (Phi) is 7.03. The molecule has 34 heavy (non-hydrogen) atoms. The second kappa shape index (κ2) is 9.98. The van der Waals surface area contributed by atoms with Gasteiger partial charge in [-0.05, 0) is 29.9 Å². The molecule has 2 amide bonds. The van der Waals surface area contributed by atoms with Crippen molar-refractivity contribution in [2.45, 2.75) is 50.9 Å². The fraction of sp³-hybridized carbons (Fsp3) is 0.565. The number of aliphatic carboxylic acids is 1. The van der Waals surface area contributed by atoms with Gasteiger partial charge >= 0.3 is 12.0 Å². The van der Waals surface area contributed by atoms with Gasteiger partial charge in [-0.25, -0.2) is 9.59 Å². The number of nitrogens with zero attached hydrogens (tertiary/aromatic N) is 5. The molecule has 184 valence electrons. The Bertz CT molecular complexity index is 1010. The number of benzene rings is 1. The first-order valence-electron chi connectivity index (χ1n) is 11.7. The van der Waals surface area contributed by atoms with Crippen LogP contribution in [-0.4, -0.2) is 86.0 Å². The molecule has 1 aromatic carbocycles. The molecule has 1 aromatic heterocycles. The molecule has 11 heteroatoms. The molecule has 4 atom stereocenters. The summed E-state index contributed by atoms with van der Waals surface area (Å²) in [4.78, 5) is 35.0. The van der Waals surface area contributed by atoms with Crippen LogP contribution in [-0.2, 0) is 17.9 Å². The van der Waals surface area contributed by atoms with Crippen LogP contribution < -0.4 is 10.6 Å². The summed E-state index contributed by atoms with van der Waals surface area (Å²) in [6.45, 7) is 4.04. The standard InChI is InChI=1S/C23H33N7O4/c1-14-7-10-30(23(34)29-9-8-17(31)13-29)19(21(32)33)18(14)20-25-22(27-26-20)28(2)12-16-5-3-15(11-24)4-6-16/h3-6,14,17-19,31H,7-13,24H2,1-2H3,(H,32,33)(H,25,26,27). The molecule has 0 spiro atoms. The summed E-state index contributed by atoms with van der Waals surface area (Å²) in [6.07, 6.45) is 0.588. The molecule has 0 bridgehead atoms. The maximum atomic E-state index is 13.1. The predicted molar refractivity (Wildman–Crippen MR) is 125 cm³/mol. The van der Waals surface area contributed by atoms with Gasteiger partial charge in [-0.3, -0.25) is 5.10 Å². The average molecular weight is 472 g/mol. The summed E-state index contributed by atoms with van der Waals surface area (Å²) in [7, 11) is 1.87. The van der Waals surface area contributed by atoms with Crippen LogP contribution in [0.1, 0.15) is 42.6 Å². The van der Waals surface area contributed by atoms with Gasteiger partial charge in [-0.1, -0.05) is 31.2 Å². The summed E-state index contributed by atoms with van der Waals surface area (Å²) in [5.74, 6) is -0.694. The Morgan fingerprint density at radius 2 is 1.91 bits per heavy atom. The summed E-state index contributed by atoms with van der Waals surface area (Å²) < 4.78 is 0. The lowest BCUT2D eigenvalue weighted by molar-refractivity contribution is -0.145. The number of hydrogen-bond donors (Lipinski definition) is 4. The first-order chi connectivity index (χ1) is 16.3. The number of aliphatic hydroxyl groups is 1. The fourth-order valence-corrected chi connectivity index (χ4v) is 4.89. The number of anilines is 1. The number of urea groups is 1. The number of carboxylic acids is 1. The van der Waals surface area contributed by atoms with Gasteiger partial charge in [0.15, 0.2) is 0 Å². The number of rotatable bonds is 6. The quantitative estimate of drug-likeness (QED) is 0.486. The number of likely N-dealkylation sites (tertiary alicyclic amines) is 2. The van der Waals surface area contributed by atoms with Crippen LogP contribution in [0.25, 0.3) is 0 Å². The monoisotopic (exact) mass is 471 g/mol. The van der Waals surface area contributed by atoms with E-state index < -0.39 is 24.0 Å². The molecule has 2 saturated heterocycles. The van der Waals surface area contributed by atoms with E-state index in [9.17, 15) is 19.8 Å². The van der Waals surface area contributed by atoms with Crippen LogP contribution in [0.2, 0.25) is 0 Å². The van der Waals surface area contributed by atoms with Gasteiger partial charge in [0.2, 0.25) is 5.95 Å². The Hall–Kier alpha value is -3.18. The molecular formula is C23H33N7O4. The largest absolute Gasteiger partial charge is 0.480 e. The number of aromatic nitrogens is 3. The van der Waals surface area contributed by atoms with Crippen LogP contribution in [0, 0.1) is 5.92 Å². The van der Waals surface area contributed by atoms with Crippen molar-refractivity contribution in [1.82, 2.24) is 25.0 Å². The third-order valence-corrected chi connectivity index (χ3v) is 6.87. The Morgan fingerprint density at radius 3 is 2.53 bits per heavy atom. The molecule has 11 nitrogen and oxygen atoms in total. The summed E-state index contributed by atoms with van der Waals surface area (Å²) in [5, 5.41) is 27.2. The van der Waals surface area contributed by atoms with Crippen LogP contribution in [0.15, 0.2) is 24.3 Å². The number of aromatic amines is 1. The van der Waals surface area contributed by atoms with Crippen molar-refractivity contribution in [1.29, 1.82) is 0 Å². The maximum Gasteiger partial charge on any atom is 0.327 e. The zero-order chi connectivity index (χ0) is 24.4. The molecule has 0 radical (unpaired) electrons. The van der Waals surface area contributed by atoms with E-state index in [0.717, 1.165) is 11.1 Å². The molecule has 2 fully saturated rings. The van der Waals surface area contributed by atoms with E-state index in [4.69, 9.17) is 5.73 Å². The highest BCUT2D eigenvalue weighted by molar-refractivity contribution is 5.84. The van der Waals surface area contributed by atoms with Gasteiger partial charge in [0, 0.05) is 39.8 Å². The normalized spacial score (nSPS) is 24.9. The highest BCUT2D eigenvalue weighted by Gasteiger charge is 2.46. The summed E-state index contributed by atoms with van der Waals surface area (Å²) >= 11 is 0. The fourth-order valence-electron chi connectivity index (χ4n) is 4.89. The van der Waals surface area contributed by atoms with E-state index in [1.54, 1.807) is 0 Å². The first kappa shape index (κ1) is 24.0. The maximum absolute atomic E-state index is 13.1. The van der Waals surface area contributed by atoms with Crippen molar-refractivity contribution in [3.63, 3.8) is 0 Å². The van der Waals surface area contributed by atoms with Gasteiger partial charge in [-0.15, -0.1) is 5.10 Å². The lowest BCUT2D eigenvalue weighted by Crippen LogP contribution is -2.57. The average Bonchev–Trinajstić information content (AvgIpc) is 3.48. The number of aliphatic hydroxyl groups excluding tert-OH is 1. The number of nitrogens with one attached hydrogen (secondary N) is 1. The van der Waals surface area contributed by atoms with Crippen LogP contribution >= 0.6 is 0 Å². The van der Waals surface area contributed by atoms with Crippen LogP contribution in [0.5, 0.6) is 0 Å². The molecule has 3 heterocycles. The number of hydrogen-bond acceptors (Lipinski definition) is 7. The number of β-amino-alcohol motifs (C(OH)–C–C–N with tert-alkyl or cyclic N) is 1. The van der Waals surface area contributed by atoms with Crippen molar-refractivity contribution in [3.8, 4) is 0 Å². The molecule has 2 aliphatic rings. The number of carboxylic acid groups (broad SMARTS) is 1. The van der Waals surface area contributed by atoms with E-state index in [1.807, 2.05) is 43.1 Å². The molecule has 4 rings (SSSR count). The van der Waals surface area contributed by atoms with Crippen molar-refractivity contribution in [2.24, 2.45) is 11.7 Å². The third kappa shape index (κ3) is 4.85. The summed E-state index contributed by atoms with van der Waals surface area (Å²) in [5.41, 5.74) is 7.79. The minimum absolute atomic E-state index is 0.00997.